The first-order chi connectivity index (χ1) is 9.38. The summed E-state index contributed by atoms with van der Waals surface area (Å²) in [5.41, 5.74) is 2.18. The zero-order valence-corrected chi connectivity index (χ0v) is 12.1. The lowest BCUT2D eigenvalue weighted by molar-refractivity contribution is 0.0200. The van der Waals surface area contributed by atoms with Gasteiger partial charge in [-0.2, -0.15) is 0 Å². The van der Waals surface area contributed by atoms with Crippen LogP contribution in [0.4, 0.5) is 0 Å². The van der Waals surface area contributed by atoms with E-state index in [2.05, 4.69) is 0 Å². The first kappa shape index (κ1) is 18.4. The smallest absolute Gasteiger partial charge is 0.151 e. The van der Waals surface area contributed by atoms with Gasteiger partial charge in [0.2, 0.25) is 0 Å². The molecule has 0 amide bonds. The van der Waals surface area contributed by atoms with Gasteiger partial charge in [0.1, 0.15) is 0 Å². The molecule has 112 valence electrons. The van der Waals surface area contributed by atoms with E-state index in [9.17, 15) is 9.59 Å². The number of carbonyl (C=O) groups is 2. The normalized spacial score (nSPS) is 10.5. The van der Waals surface area contributed by atoms with Crippen LogP contribution in [0.1, 0.15) is 38.8 Å². The Hall–Kier alpha value is -1.56. The van der Waals surface area contributed by atoms with E-state index in [0.717, 1.165) is 17.4 Å². The average molecular weight is 282 g/mol. The van der Waals surface area contributed by atoms with Crippen molar-refractivity contribution in [3.63, 3.8) is 0 Å². The zero-order valence-electron chi connectivity index (χ0n) is 12.1. The molecule has 0 aliphatic carbocycles. The van der Waals surface area contributed by atoms with E-state index in [1.807, 2.05) is 19.9 Å². The molecular formula is C15H22O5. The maximum absolute atomic E-state index is 10.6. The first-order valence-electron chi connectivity index (χ1n) is 6.22. The van der Waals surface area contributed by atoms with E-state index in [-0.39, 0.29) is 19.8 Å². The Morgan fingerprint density at radius 2 is 1.50 bits per heavy atom. The molecule has 3 N–H and O–H groups in total. The summed E-state index contributed by atoms with van der Waals surface area (Å²) in [5.74, 6) is 0. The fraction of sp³-hybridized carbons (Fsp3) is 0.467. The quantitative estimate of drug-likeness (QED) is 0.697. The topological polar surface area (TPSA) is 94.8 Å². The Bertz CT molecular complexity index is 442. The summed E-state index contributed by atoms with van der Waals surface area (Å²) in [6.45, 7) is 4.82. The highest BCUT2D eigenvalue weighted by Gasteiger charge is 2.20. The monoisotopic (exact) mass is 282 g/mol. The molecule has 5 nitrogen and oxygen atoms in total. The summed E-state index contributed by atoms with van der Waals surface area (Å²) in [7, 11) is 0. The van der Waals surface area contributed by atoms with Crippen LogP contribution < -0.4 is 0 Å². The van der Waals surface area contributed by atoms with Crippen molar-refractivity contribution in [3.05, 3.63) is 34.4 Å². The summed E-state index contributed by atoms with van der Waals surface area (Å²) >= 11 is 0. The van der Waals surface area contributed by atoms with Gasteiger partial charge in [-0.15, -0.1) is 0 Å². The van der Waals surface area contributed by atoms with Crippen LogP contribution in [-0.4, -0.2) is 47.7 Å². The number of benzene rings is 1. The van der Waals surface area contributed by atoms with E-state index in [0.29, 0.717) is 17.4 Å². The molecule has 0 saturated carbocycles. The second kappa shape index (κ2) is 8.58. The van der Waals surface area contributed by atoms with Gasteiger partial charge < -0.3 is 15.3 Å². The standard InChI is InChI=1S/C10H10O2.C5H12O3/c1-7-3-4-9(5-11)10(6-12)8(7)2;1-5(2-6,3-7)4-8/h3-6H,1-2H3;6-8H,2-4H2,1H3. The third-order valence-corrected chi connectivity index (χ3v) is 3.21. The van der Waals surface area contributed by atoms with Crippen LogP contribution in [0.3, 0.4) is 0 Å². The van der Waals surface area contributed by atoms with E-state index in [1.165, 1.54) is 0 Å². The van der Waals surface area contributed by atoms with Crippen LogP contribution in [0.15, 0.2) is 12.1 Å². The van der Waals surface area contributed by atoms with Crippen molar-refractivity contribution in [2.75, 3.05) is 19.8 Å². The van der Waals surface area contributed by atoms with Gasteiger partial charge in [0.15, 0.2) is 12.6 Å². The van der Waals surface area contributed by atoms with Gasteiger partial charge in [-0.25, -0.2) is 0 Å². The molecular weight excluding hydrogens is 260 g/mol. The molecule has 1 aromatic rings. The highest BCUT2D eigenvalue weighted by Crippen LogP contribution is 2.14. The van der Waals surface area contributed by atoms with Crippen LogP contribution in [0.25, 0.3) is 0 Å². The summed E-state index contributed by atoms with van der Waals surface area (Å²) < 4.78 is 0. The molecule has 0 radical (unpaired) electrons. The van der Waals surface area contributed by atoms with Crippen molar-refractivity contribution in [1.29, 1.82) is 0 Å². The Morgan fingerprint density at radius 1 is 1.00 bits per heavy atom. The highest BCUT2D eigenvalue weighted by molar-refractivity contribution is 5.92. The average Bonchev–Trinajstić information content (AvgIpc) is 2.49. The van der Waals surface area contributed by atoms with E-state index in [1.54, 1.807) is 13.0 Å². The molecule has 0 aromatic heterocycles. The number of carbonyl (C=O) groups excluding carboxylic acids is 2. The Labute approximate surface area is 118 Å². The second-order valence-corrected chi connectivity index (χ2v) is 5.03. The van der Waals surface area contributed by atoms with E-state index in [4.69, 9.17) is 15.3 Å². The second-order valence-electron chi connectivity index (χ2n) is 5.03. The SMILES string of the molecule is CC(CO)(CO)CO.Cc1ccc(C=O)c(C=O)c1C. The molecule has 20 heavy (non-hydrogen) atoms. The molecule has 0 fully saturated rings. The lowest BCUT2D eigenvalue weighted by Crippen LogP contribution is -2.29. The van der Waals surface area contributed by atoms with Crippen LogP contribution in [-0.2, 0) is 0 Å². The summed E-state index contributed by atoms with van der Waals surface area (Å²) in [6, 6.07) is 3.51. The lowest BCUT2D eigenvalue weighted by Gasteiger charge is -2.20. The van der Waals surface area contributed by atoms with Crippen LogP contribution >= 0.6 is 0 Å². The van der Waals surface area contributed by atoms with Gasteiger partial charge in [0.25, 0.3) is 0 Å². The molecule has 0 aliphatic rings. The van der Waals surface area contributed by atoms with Crippen molar-refractivity contribution in [2.24, 2.45) is 5.41 Å². The van der Waals surface area contributed by atoms with Crippen molar-refractivity contribution < 1.29 is 24.9 Å². The molecule has 1 rings (SSSR count). The summed E-state index contributed by atoms with van der Waals surface area (Å²) in [5, 5.41) is 25.4. The van der Waals surface area contributed by atoms with Gasteiger partial charge >= 0.3 is 0 Å². The van der Waals surface area contributed by atoms with Crippen molar-refractivity contribution in [2.45, 2.75) is 20.8 Å². The molecule has 0 heterocycles. The zero-order chi connectivity index (χ0) is 15.8. The Balaban J connectivity index is 0.000000396. The fourth-order valence-corrected chi connectivity index (χ4v) is 1.27. The van der Waals surface area contributed by atoms with Gasteiger partial charge in [-0.1, -0.05) is 19.1 Å². The molecule has 0 spiro atoms. The molecule has 0 atom stereocenters. The molecule has 5 heteroatoms. The van der Waals surface area contributed by atoms with Crippen molar-refractivity contribution in [1.82, 2.24) is 0 Å². The van der Waals surface area contributed by atoms with Crippen LogP contribution in [0.5, 0.6) is 0 Å². The van der Waals surface area contributed by atoms with E-state index >= 15 is 0 Å². The Morgan fingerprint density at radius 3 is 1.80 bits per heavy atom. The largest absolute Gasteiger partial charge is 0.396 e. The van der Waals surface area contributed by atoms with Crippen molar-refractivity contribution >= 4 is 12.6 Å². The fourth-order valence-electron chi connectivity index (χ4n) is 1.27. The number of hydrogen-bond acceptors (Lipinski definition) is 5. The van der Waals surface area contributed by atoms with Crippen LogP contribution in [0.2, 0.25) is 0 Å². The molecule has 0 bridgehead atoms. The molecule has 0 unspecified atom stereocenters. The number of aryl methyl sites for hydroxylation is 1. The highest BCUT2D eigenvalue weighted by atomic mass is 16.3. The molecule has 0 saturated heterocycles. The summed E-state index contributed by atoms with van der Waals surface area (Å²) in [6.07, 6.45) is 1.43. The first-order valence-corrected chi connectivity index (χ1v) is 6.22. The third-order valence-electron chi connectivity index (χ3n) is 3.21. The number of hydrogen-bond donors (Lipinski definition) is 3. The minimum atomic E-state index is -0.708. The van der Waals surface area contributed by atoms with E-state index < -0.39 is 5.41 Å². The number of aliphatic hydroxyl groups excluding tert-OH is 3. The lowest BCUT2D eigenvalue weighted by atomic mass is 9.95. The van der Waals surface area contributed by atoms with Gasteiger partial charge in [0.05, 0.1) is 19.8 Å². The van der Waals surface area contributed by atoms with Gasteiger partial charge in [0, 0.05) is 16.5 Å². The van der Waals surface area contributed by atoms with Crippen LogP contribution in [0, 0.1) is 19.3 Å². The Kier molecular flexibility index (Phi) is 7.91. The minimum absolute atomic E-state index is 0.181. The predicted octanol–water partition coefficient (Wildman–Crippen LogP) is 0.898. The molecule has 0 aliphatic heterocycles. The third kappa shape index (κ3) is 4.85. The number of rotatable bonds is 5. The number of aldehydes is 2. The van der Waals surface area contributed by atoms with Gasteiger partial charge in [-0.05, 0) is 25.0 Å². The number of aliphatic hydroxyl groups is 3. The maximum Gasteiger partial charge on any atom is 0.151 e. The predicted molar refractivity (Wildman–Crippen MR) is 76.1 cm³/mol. The molecule has 1 aromatic carbocycles. The maximum atomic E-state index is 10.6. The van der Waals surface area contributed by atoms with Crippen molar-refractivity contribution in [3.8, 4) is 0 Å². The summed E-state index contributed by atoms with van der Waals surface area (Å²) in [4.78, 5) is 21.1. The minimum Gasteiger partial charge on any atom is -0.396 e. The van der Waals surface area contributed by atoms with Gasteiger partial charge in [-0.3, -0.25) is 9.59 Å².